The van der Waals surface area contributed by atoms with Crippen LogP contribution in [0.1, 0.15) is 22.3 Å². The molecule has 0 amide bonds. The first-order valence-corrected chi connectivity index (χ1v) is 10.6. The van der Waals surface area contributed by atoms with Crippen molar-refractivity contribution in [1.82, 2.24) is 4.31 Å². The highest BCUT2D eigenvalue weighted by Gasteiger charge is 2.30. The number of rotatable bonds is 3. The molecule has 3 rings (SSSR count). The second kappa shape index (κ2) is 7.22. The molecule has 0 radical (unpaired) electrons. The molecule has 0 bridgehead atoms. The lowest BCUT2D eigenvalue weighted by atomic mass is 10.1. The molecule has 1 fully saturated rings. The minimum Gasteiger partial charge on any atom is -0.369 e. The van der Waals surface area contributed by atoms with Gasteiger partial charge in [-0.25, -0.2) is 8.42 Å². The summed E-state index contributed by atoms with van der Waals surface area (Å²) in [5.41, 5.74) is 5.08. The minimum absolute atomic E-state index is 0.424. The summed E-state index contributed by atoms with van der Waals surface area (Å²) in [6.45, 7) is 10.1. The Labute approximate surface area is 161 Å². The van der Waals surface area contributed by atoms with Gasteiger partial charge in [0.05, 0.1) is 4.90 Å². The number of aryl methyl sites for hydroxylation is 2. The monoisotopic (exact) mass is 392 g/mol. The maximum absolute atomic E-state index is 13.1. The van der Waals surface area contributed by atoms with Gasteiger partial charge in [0, 0.05) is 36.9 Å². The van der Waals surface area contributed by atoms with E-state index in [-0.39, 0.29) is 0 Å². The maximum Gasteiger partial charge on any atom is 0.243 e. The normalized spacial score (nSPS) is 16.1. The van der Waals surface area contributed by atoms with E-state index >= 15 is 0 Å². The number of hydrogen-bond acceptors (Lipinski definition) is 3. The lowest BCUT2D eigenvalue weighted by Gasteiger charge is -2.35. The zero-order valence-electron chi connectivity index (χ0n) is 15.7. The number of benzene rings is 2. The number of halogens is 1. The molecule has 6 heteroatoms. The second-order valence-corrected chi connectivity index (χ2v) is 9.27. The molecule has 0 atom stereocenters. The molecule has 140 valence electrons. The summed E-state index contributed by atoms with van der Waals surface area (Å²) >= 11 is 6.23. The third-order valence-electron chi connectivity index (χ3n) is 5.39. The molecule has 0 unspecified atom stereocenters. The van der Waals surface area contributed by atoms with Crippen LogP contribution in [0.25, 0.3) is 0 Å². The van der Waals surface area contributed by atoms with E-state index in [1.54, 1.807) is 10.4 Å². The van der Waals surface area contributed by atoms with Crippen LogP contribution in [0, 0.1) is 27.7 Å². The summed E-state index contributed by atoms with van der Waals surface area (Å²) in [7, 11) is -3.47. The molecule has 0 saturated carbocycles. The van der Waals surface area contributed by atoms with Crippen molar-refractivity contribution in [3.63, 3.8) is 0 Å². The van der Waals surface area contributed by atoms with Crippen molar-refractivity contribution in [2.24, 2.45) is 0 Å². The predicted molar refractivity (Wildman–Crippen MR) is 108 cm³/mol. The van der Waals surface area contributed by atoms with Crippen LogP contribution in [-0.4, -0.2) is 38.9 Å². The average Bonchev–Trinajstić information content (AvgIpc) is 2.62. The van der Waals surface area contributed by atoms with E-state index in [1.807, 2.05) is 52.0 Å². The van der Waals surface area contributed by atoms with Crippen molar-refractivity contribution in [2.45, 2.75) is 32.6 Å². The number of anilines is 1. The lowest BCUT2D eigenvalue weighted by Crippen LogP contribution is -2.48. The first-order valence-electron chi connectivity index (χ1n) is 8.80. The van der Waals surface area contributed by atoms with Crippen LogP contribution < -0.4 is 4.90 Å². The van der Waals surface area contributed by atoms with E-state index < -0.39 is 10.0 Å². The van der Waals surface area contributed by atoms with Crippen LogP contribution >= 0.6 is 11.6 Å². The standard InChI is InChI=1S/C20H25ClN2O2S/c1-14-6-8-20(17(4)16(14)3)26(24,25)23-11-9-22(10-12-23)18-7-5-15(2)19(21)13-18/h5-8,13H,9-12H2,1-4H3. The molecule has 1 aliphatic heterocycles. The molecule has 2 aromatic carbocycles. The molecule has 1 aliphatic rings. The summed E-state index contributed by atoms with van der Waals surface area (Å²) in [5.74, 6) is 0. The molecule has 1 heterocycles. The molecule has 0 aliphatic carbocycles. The molecule has 2 aromatic rings. The van der Waals surface area contributed by atoms with E-state index in [0.29, 0.717) is 31.1 Å². The Hall–Kier alpha value is -1.56. The SMILES string of the molecule is Cc1ccc(N2CCN(S(=O)(=O)c3ccc(C)c(C)c3C)CC2)cc1Cl. The number of nitrogens with zero attached hydrogens (tertiary/aromatic N) is 2. The zero-order chi connectivity index (χ0) is 19.1. The maximum atomic E-state index is 13.1. The number of sulfonamides is 1. The van der Waals surface area contributed by atoms with Gasteiger partial charge in [0.2, 0.25) is 10.0 Å². The van der Waals surface area contributed by atoms with Gasteiger partial charge in [-0.2, -0.15) is 4.31 Å². The van der Waals surface area contributed by atoms with Crippen molar-refractivity contribution in [3.05, 3.63) is 57.6 Å². The van der Waals surface area contributed by atoms with E-state index in [1.165, 1.54) is 0 Å². The Kier molecular flexibility index (Phi) is 5.33. The lowest BCUT2D eigenvalue weighted by molar-refractivity contribution is 0.384. The molecule has 0 N–H and O–H groups in total. The Balaban J connectivity index is 1.79. The first-order chi connectivity index (χ1) is 12.2. The minimum atomic E-state index is -3.47. The van der Waals surface area contributed by atoms with Crippen molar-refractivity contribution in [2.75, 3.05) is 31.1 Å². The van der Waals surface area contributed by atoms with Gasteiger partial charge in [-0.15, -0.1) is 0 Å². The quantitative estimate of drug-likeness (QED) is 0.790. The summed E-state index contributed by atoms with van der Waals surface area (Å²) in [4.78, 5) is 2.61. The van der Waals surface area contributed by atoms with Crippen molar-refractivity contribution >= 4 is 27.3 Å². The summed E-state index contributed by atoms with van der Waals surface area (Å²) in [5, 5.41) is 0.739. The van der Waals surface area contributed by atoms with Crippen LogP contribution in [0.15, 0.2) is 35.2 Å². The van der Waals surface area contributed by atoms with Gasteiger partial charge < -0.3 is 4.90 Å². The third kappa shape index (κ3) is 3.48. The topological polar surface area (TPSA) is 40.6 Å². The van der Waals surface area contributed by atoms with Crippen molar-refractivity contribution in [3.8, 4) is 0 Å². The van der Waals surface area contributed by atoms with Gasteiger partial charge in [0.15, 0.2) is 0 Å². The number of hydrogen-bond donors (Lipinski definition) is 0. The average molecular weight is 393 g/mol. The Morgan fingerprint density at radius 1 is 0.846 bits per heavy atom. The van der Waals surface area contributed by atoms with Gasteiger partial charge in [-0.05, 0) is 68.1 Å². The molecular formula is C20H25ClN2O2S. The van der Waals surface area contributed by atoms with Crippen molar-refractivity contribution < 1.29 is 8.42 Å². The fraction of sp³-hybridized carbons (Fsp3) is 0.400. The smallest absolute Gasteiger partial charge is 0.243 e. The zero-order valence-corrected chi connectivity index (χ0v) is 17.3. The Bertz CT molecular complexity index is 933. The molecule has 26 heavy (non-hydrogen) atoms. The van der Waals surface area contributed by atoms with E-state index in [2.05, 4.69) is 4.90 Å². The van der Waals surface area contributed by atoms with Crippen LogP contribution in [-0.2, 0) is 10.0 Å². The number of piperazine rings is 1. The van der Waals surface area contributed by atoms with Crippen molar-refractivity contribution in [1.29, 1.82) is 0 Å². The predicted octanol–water partition coefficient (Wildman–Crippen LogP) is 4.08. The van der Waals surface area contributed by atoms with Gasteiger partial charge in [-0.3, -0.25) is 0 Å². The van der Waals surface area contributed by atoms with Crippen LogP contribution in [0.2, 0.25) is 5.02 Å². The third-order valence-corrected chi connectivity index (χ3v) is 7.84. The van der Waals surface area contributed by atoms with E-state index in [4.69, 9.17) is 11.6 Å². The van der Waals surface area contributed by atoms with Crippen LogP contribution in [0.4, 0.5) is 5.69 Å². The fourth-order valence-electron chi connectivity index (χ4n) is 3.31. The molecule has 0 spiro atoms. The summed E-state index contributed by atoms with van der Waals surface area (Å²) < 4.78 is 27.8. The highest BCUT2D eigenvalue weighted by molar-refractivity contribution is 7.89. The molecule has 4 nitrogen and oxygen atoms in total. The second-order valence-electron chi connectivity index (χ2n) is 6.96. The highest BCUT2D eigenvalue weighted by atomic mass is 35.5. The van der Waals surface area contributed by atoms with Crippen LogP contribution in [0.3, 0.4) is 0 Å². The Morgan fingerprint density at radius 2 is 1.46 bits per heavy atom. The molecule has 1 saturated heterocycles. The molecular weight excluding hydrogens is 368 g/mol. The van der Waals surface area contributed by atoms with E-state index in [0.717, 1.165) is 33.0 Å². The van der Waals surface area contributed by atoms with Gasteiger partial charge in [0.25, 0.3) is 0 Å². The highest BCUT2D eigenvalue weighted by Crippen LogP contribution is 2.27. The summed E-state index contributed by atoms with van der Waals surface area (Å²) in [6.07, 6.45) is 0. The fourth-order valence-corrected chi connectivity index (χ4v) is 5.19. The largest absolute Gasteiger partial charge is 0.369 e. The first kappa shape index (κ1) is 19.2. The van der Waals surface area contributed by atoms with Gasteiger partial charge in [0.1, 0.15) is 0 Å². The van der Waals surface area contributed by atoms with Crippen LogP contribution in [0.5, 0.6) is 0 Å². The molecule has 0 aromatic heterocycles. The van der Waals surface area contributed by atoms with Gasteiger partial charge >= 0.3 is 0 Å². The van der Waals surface area contributed by atoms with Gasteiger partial charge in [-0.1, -0.05) is 23.7 Å². The Morgan fingerprint density at radius 3 is 2.08 bits per heavy atom. The van der Waals surface area contributed by atoms with E-state index in [9.17, 15) is 8.42 Å². The summed E-state index contributed by atoms with van der Waals surface area (Å²) in [6, 6.07) is 9.62.